The largest absolute Gasteiger partial charge is 0.363 e. The lowest BCUT2D eigenvalue weighted by molar-refractivity contribution is -0.00693. The van der Waals surface area contributed by atoms with Gasteiger partial charge in [0.2, 0.25) is 0 Å². The molecule has 0 aromatic carbocycles. The first-order valence-corrected chi connectivity index (χ1v) is 5.51. The minimum Gasteiger partial charge on any atom is -0.363 e. The molecule has 2 saturated heterocycles. The van der Waals surface area contributed by atoms with Crippen LogP contribution < -0.4 is 10.6 Å². The van der Waals surface area contributed by atoms with Gasteiger partial charge >= 0.3 is 0 Å². The summed E-state index contributed by atoms with van der Waals surface area (Å²) in [5.74, 6) is 0.825. The molecule has 2 aliphatic heterocycles. The van der Waals surface area contributed by atoms with E-state index >= 15 is 0 Å². The van der Waals surface area contributed by atoms with Crippen molar-refractivity contribution < 1.29 is 4.74 Å². The van der Waals surface area contributed by atoms with Crippen LogP contribution in [0.2, 0.25) is 0 Å². The molecular weight excluding hydrogens is 164 g/mol. The summed E-state index contributed by atoms with van der Waals surface area (Å²) in [7, 11) is 0. The first-order chi connectivity index (χ1) is 6.45. The Labute approximate surface area is 80.2 Å². The van der Waals surface area contributed by atoms with Crippen LogP contribution in [0.25, 0.3) is 0 Å². The van der Waals surface area contributed by atoms with E-state index in [0.717, 1.165) is 19.1 Å². The molecule has 2 N–H and O–H groups in total. The SMILES string of the molecule is C1CCC(NCC2CCNC2)OC1. The standard InChI is InChI=1S/C10H20N2O/c1-2-6-13-10(3-1)12-8-9-4-5-11-7-9/h9-12H,1-8H2. The molecule has 76 valence electrons. The van der Waals surface area contributed by atoms with Gasteiger partial charge in [-0.2, -0.15) is 0 Å². The van der Waals surface area contributed by atoms with Gasteiger partial charge in [0.15, 0.2) is 0 Å². The highest BCUT2D eigenvalue weighted by atomic mass is 16.5. The van der Waals surface area contributed by atoms with Crippen LogP contribution in [0.1, 0.15) is 25.7 Å². The molecular formula is C10H20N2O. The van der Waals surface area contributed by atoms with Crippen molar-refractivity contribution in [2.24, 2.45) is 5.92 Å². The molecule has 3 nitrogen and oxygen atoms in total. The summed E-state index contributed by atoms with van der Waals surface area (Å²) < 4.78 is 5.61. The Kier molecular flexibility index (Phi) is 3.58. The Morgan fingerprint density at radius 3 is 3.00 bits per heavy atom. The third kappa shape index (κ3) is 2.93. The maximum Gasteiger partial charge on any atom is 0.108 e. The van der Waals surface area contributed by atoms with Gasteiger partial charge in [-0.15, -0.1) is 0 Å². The van der Waals surface area contributed by atoms with E-state index in [0.29, 0.717) is 6.23 Å². The maximum absolute atomic E-state index is 5.61. The second-order valence-corrected chi connectivity index (χ2v) is 4.12. The average Bonchev–Trinajstić information content (AvgIpc) is 2.69. The van der Waals surface area contributed by atoms with Crippen molar-refractivity contribution >= 4 is 0 Å². The Balaban J connectivity index is 1.60. The van der Waals surface area contributed by atoms with E-state index in [4.69, 9.17) is 4.74 Å². The smallest absolute Gasteiger partial charge is 0.108 e. The molecule has 2 heterocycles. The van der Waals surface area contributed by atoms with Crippen LogP contribution in [0.4, 0.5) is 0 Å². The molecule has 3 heteroatoms. The molecule has 0 aromatic heterocycles. The first-order valence-electron chi connectivity index (χ1n) is 5.51. The van der Waals surface area contributed by atoms with Gasteiger partial charge in [-0.25, -0.2) is 0 Å². The molecule has 0 amide bonds. The summed E-state index contributed by atoms with van der Waals surface area (Å²) in [6.45, 7) is 4.44. The zero-order valence-electron chi connectivity index (χ0n) is 8.22. The van der Waals surface area contributed by atoms with Gasteiger partial charge in [-0.3, -0.25) is 5.32 Å². The number of ether oxygens (including phenoxy) is 1. The number of hydrogen-bond acceptors (Lipinski definition) is 3. The summed E-state index contributed by atoms with van der Waals surface area (Å²) in [5, 5.41) is 6.88. The van der Waals surface area contributed by atoms with Crippen LogP contribution in [0.3, 0.4) is 0 Å². The normalized spacial score (nSPS) is 35.1. The molecule has 0 saturated carbocycles. The van der Waals surface area contributed by atoms with E-state index in [2.05, 4.69) is 10.6 Å². The van der Waals surface area contributed by atoms with E-state index in [1.807, 2.05) is 0 Å². The van der Waals surface area contributed by atoms with Crippen molar-refractivity contribution in [2.45, 2.75) is 31.9 Å². The lowest BCUT2D eigenvalue weighted by Crippen LogP contribution is -2.38. The van der Waals surface area contributed by atoms with Gasteiger partial charge in [-0.05, 0) is 44.7 Å². The number of rotatable bonds is 3. The van der Waals surface area contributed by atoms with Gasteiger partial charge in [-0.1, -0.05) is 0 Å². The summed E-state index contributed by atoms with van der Waals surface area (Å²) in [6, 6.07) is 0. The second kappa shape index (κ2) is 4.94. The van der Waals surface area contributed by atoms with E-state index in [1.54, 1.807) is 0 Å². The summed E-state index contributed by atoms with van der Waals surface area (Å²) >= 11 is 0. The topological polar surface area (TPSA) is 33.3 Å². The Hall–Kier alpha value is -0.120. The highest BCUT2D eigenvalue weighted by Crippen LogP contribution is 2.12. The quantitative estimate of drug-likeness (QED) is 0.678. The van der Waals surface area contributed by atoms with Crippen molar-refractivity contribution in [3.8, 4) is 0 Å². The van der Waals surface area contributed by atoms with Crippen LogP contribution in [0.5, 0.6) is 0 Å². The van der Waals surface area contributed by atoms with Gasteiger partial charge in [0.05, 0.1) is 0 Å². The fraction of sp³-hybridized carbons (Fsp3) is 1.00. The fourth-order valence-electron chi connectivity index (χ4n) is 2.09. The molecule has 2 aliphatic rings. The van der Waals surface area contributed by atoms with Gasteiger partial charge in [0, 0.05) is 13.2 Å². The van der Waals surface area contributed by atoms with Crippen molar-refractivity contribution in [2.75, 3.05) is 26.2 Å². The summed E-state index contributed by atoms with van der Waals surface area (Å²) in [4.78, 5) is 0. The maximum atomic E-state index is 5.61. The van der Waals surface area contributed by atoms with Crippen LogP contribution >= 0.6 is 0 Å². The first kappa shape index (κ1) is 9.44. The summed E-state index contributed by atoms with van der Waals surface area (Å²) in [6.07, 6.45) is 5.42. The molecule has 13 heavy (non-hydrogen) atoms. The molecule has 0 aromatic rings. The molecule has 2 atom stereocenters. The van der Waals surface area contributed by atoms with Crippen molar-refractivity contribution in [1.29, 1.82) is 0 Å². The van der Waals surface area contributed by atoms with Crippen LogP contribution in [0, 0.1) is 5.92 Å². The van der Waals surface area contributed by atoms with Crippen LogP contribution in [-0.2, 0) is 4.74 Å². The minimum atomic E-state index is 0.342. The van der Waals surface area contributed by atoms with Crippen molar-refractivity contribution in [3.63, 3.8) is 0 Å². The molecule has 2 fully saturated rings. The third-order valence-corrected chi connectivity index (χ3v) is 2.98. The Bertz CT molecular complexity index is 140. The Morgan fingerprint density at radius 1 is 1.31 bits per heavy atom. The third-order valence-electron chi connectivity index (χ3n) is 2.98. The molecule has 0 aliphatic carbocycles. The van der Waals surface area contributed by atoms with Crippen LogP contribution in [-0.4, -0.2) is 32.5 Å². The highest BCUT2D eigenvalue weighted by molar-refractivity contribution is 4.74. The summed E-state index contributed by atoms with van der Waals surface area (Å²) in [5.41, 5.74) is 0. The average molecular weight is 184 g/mol. The van der Waals surface area contributed by atoms with E-state index in [9.17, 15) is 0 Å². The lowest BCUT2D eigenvalue weighted by atomic mass is 10.1. The van der Waals surface area contributed by atoms with Gasteiger partial charge < -0.3 is 10.1 Å². The molecule has 2 unspecified atom stereocenters. The predicted molar refractivity (Wildman–Crippen MR) is 52.6 cm³/mol. The van der Waals surface area contributed by atoms with E-state index < -0.39 is 0 Å². The van der Waals surface area contributed by atoms with Gasteiger partial charge in [0.1, 0.15) is 6.23 Å². The van der Waals surface area contributed by atoms with Crippen LogP contribution in [0.15, 0.2) is 0 Å². The lowest BCUT2D eigenvalue weighted by Gasteiger charge is -2.24. The van der Waals surface area contributed by atoms with E-state index in [1.165, 1.54) is 38.8 Å². The second-order valence-electron chi connectivity index (χ2n) is 4.12. The molecule has 0 spiro atoms. The minimum absolute atomic E-state index is 0.342. The molecule has 0 bridgehead atoms. The predicted octanol–water partition coefficient (Wildman–Crippen LogP) is 0.712. The highest BCUT2D eigenvalue weighted by Gasteiger charge is 2.17. The van der Waals surface area contributed by atoms with Crippen molar-refractivity contribution in [1.82, 2.24) is 10.6 Å². The zero-order chi connectivity index (χ0) is 8.93. The number of hydrogen-bond donors (Lipinski definition) is 2. The van der Waals surface area contributed by atoms with Crippen molar-refractivity contribution in [3.05, 3.63) is 0 Å². The van der Waals surface area contributed by atoms with Gasteiger partial charge in [0.25, 0.3) is 0 Å². The number of nitrogens with one attached hydrogen (secondary N) is 2. The monoisotopic (exact) mass is 184 g/mol. The fourth-order valence-corrected chi connectivity index (χ4v) is 2.09. The Morgan fingerprint density at radius 2 is 2.31 bits per heavy atom. The molecule has 0 radical (unpaired) electrons. The van der Waals surface area contributed by atoms with E-state index in [-0.39, 0.29) is 0 Å². The molecule has 2 rings (SSSR count). The zero-order valence-corrected chi connectivity index (χ0v) is 8.22.